The van der Waals surface area contributed by atoms with Gasteiger partial charge in [0.05, 0.1) is 0 Å². The van der Waals surface area contributed by atoms with E-state index in [0.29, 0.717) is 16.7 Å². The van der Waals surface area contributed by atoms with Crippen LogP contribution in [-0.4, -0.2) is 32.3 Å². The molecule has 0 aliphatic rings. The monoisotopic (exact) mass is 471 g/mol. The van der Waals surface area contributed by atoms with Crippen molar-refractivity contribution < 1.29 is 14.4 Å². The van der Waals surface area contributed by atoms with Gasteiger partial charge in [0.2, 0.25) is 34.8 Å². The van der Waals surface area contributed by atoms with Gasteiger partial charge in [0, 0.05) is 16.7 Å². The third kappa shape index (κ3) is 5.03. The van der Waals surface area contributed by atoms with Gasteiger partial charge >= 0.3 is 0 Å². The minimum Gasteiger partial charge on any atom is -0.285 e. The average molecular weight is 472 g/mol. The quantitative estimate of drug-likeness (QED) is 0.300. The van der Waals surface area contributed by atoms with E-state index in [1.54, 1.807) is 91.0 Å². The second-order valence-corrected chi connectivity index (χ2v) is 7.77. The van der Waals surface area contributed by atoms with Crippen LogP contribution in [0.2, 0.25) is 0 Å². The molecule has 6 heteroatoms. The van der Waals surface area contributed by atoms with Crippen molar-refractivity contribution in [2.75, 3.05) is 0 Å². The fourth-order valence-electron chi connectivity index (χ4n) is 3.38. The molecule has 4 aromatic rings. The SMILES string of the molecule is C=Cc1ccc(C(=O)c2nc(C(=O)c3ccc(C=C)cc3)nc(C(=O)c3ccc(C=C)cc3)n2)cc1. The van der Waals surface area contributed by atoms with Crippen molar-refractivity contribution in [3.05, 3.63) is 143 Å². The van der Waals surface area contributed by atoms with Gasteiger partial charge in [-0.25, -0.2) is 15.0 Å². The molecule has 0 N–H and O–H groups in total. The van der Waals surface area contributed by atoms with E-state index in [-0.39, 0.29) is 17.5 Å². The van der Waals surface area contributed by atoms with Crippen LogP contribution in [0.25, 0.3) is 18.2 Å². The Bertz CT molecular complexity index is 1300. The zero-order valence-electron chi connectivity index (χ0n) is 19.3. The third-order valence-electron chi connectivity index (χ3n) is 5.47. The minimum atomic E-state index is -0.542. The van der Waals surface area contributed by atoms with E-state index in [1.807, 2.05) is 0 Å². The van der Waals surface area contributed by atoms with Gasteiger partial charge in [-0.05, 0) is 16.7 Å². The van der Waals surface area contributed by atoms with Gasteiger partial charge in [-0.1, -0.05) is 111 Å². The molecular formula is C30H21N3O3. The molecule has 0 bridgehead atoms. The number of aromatic nitrogens is 3. The van der Waals surface area contributed by atoms with Crippen molar-refractivity contribution in [1.82, 2.24) is 15.0 Å². The van der Waals surface area contributed by atoms with Crippen molar-refractivity contribution in [3.63, 3.8) is 0 Å². The molecule has 0 amide bonds. The number of ketones is 3. The lowest BCUT2D eigenvalue weighted by Crippen LogP contribution is -2.20. The first-order valence-electron chi connectivity index (χ1n) is 11.0. The van der Waals surface area contributed by atoms with Crippen LogP contribution in [0.3, 0.4) is 0 Å². The lowest BCUT2D eigenvalue weighted by atomic mass is 10.1. The van der Waals surface area contributed by atoms with Crippen LogP contribution in [0.5, 0.6) is 0 Å². The maximum atomic E-state index is 13.2. The predicted octanol–water partition coefficient (Wildman–Crippen LogP) is 5.49. The molecule has 0 saturated heterocycles. The molecule has 0 spiro atoms. The molecule has 1 heterocycles. The Morgan fingerprint density at radius 1 is 0.444 bits per heavy atom. The lowest BCUT2D eigenvalue weighted by Gasteiger charge is -2.07. The summed E-state index contributed by atoms with van der Waals surface area (Å²) in [7, 11) is 0. The van der Waals surface area contributed by atoms with Crippen LogP contribution in [0, 0.1) is 0 Å². The summed E-state index contributed by atoms with van der Waals surface area (Å²) >= 11 is 0. The Labute approximate surface area is 208 Å². The Morgan fingerprint density at radius 2 is 0.667 bits per heavy atom. The average Bonchev–Trinajstić information content (AvgIpc) is 2.95. The zero-order valence-corrected chi connectivity index (χ0v) is 19.3. The Balaban J connectivity index is 1.80. The minimum absolute atomic E-state index is 0.298. The fourth-order valence-corrected chi connectivity index (χ4v) is 3.38. The van der Waals surface area contributed by atoms with Gasteiger partial charge in [0.15, 0.2) is 0 Å². The van der Waals surface area contributed by atoms with Crippen molar-refractivity contribution in [2.45, 2.75) is 0 Å². The highest BCUT2D eigenvalue weighted by molar-refractivity contribution is 6.12. The molecule has 1 aromatic heterocycles. The Morgan fingerprint density at radius 3 is 0.861 bits per heavy atom. The van der Waals surface area contributed by atoms with E-state index in [4.69, 9.17) is 0 Å². The molecule has 0 aliphatic carbocycles. The molecule has 4 rings (SSSR count). The highest BCUT2D eigenvalue weighted by atomic mass is 16.1. The summed E-state index contributed by atoms with van der Waals surface area (Å²) in [6.45, 7) is 11.1. The van der Waals surface area contributed by atoms with E-state index in [1.165, 1.54) is 0 Å². The first-order valence-corrected chi connectivity index (χ1v) is 11.0. The first-order chi connectivity index (χ1) is 17.4. The topological polar surface area (TPSA) is 89.9 Å². The van der Waals surface area contributed by atoms with Crippen LogP contribution in [0.4, 0.5) is 0 Å². The van der Waals surface area contributed by atoms with E-state index < -0.39 is 17.3 Å². The van der Waals surface area contributed by atoms with Gasteiger partial charge < -0.3 is 0 Å². The number of hydrogen-bond acceptors (Lipinski definition) is 6. The van der Waals surface area contributed by atoms with E-state index in [2.05, 4.69) is 34.7 Å². The molecule has 0 aliphatic heterocycles. The zero-order chi connectivity index (χ0) is 25.7. The summed E-state index contributed by atoms with van der Waals surface area (Å²) in [5.41, 5.74) is 3.40. The largest absolute Gasteiger partial charge is 0.285 e. The van der Waals surface area contributed by atoms with Crippen molar-refractivity contribution in [2.24, 2.45) is 0 Å². The summed E-state index contributed by atoms with van der Waals surface area (Å²) < 4.78 is 0. The molecule has 174 valence electrons. The Hall–Kier alpha value is -5.10. The molecule has 6 nitrogen and oxygen atoms in total. The Kier molecular flexibility index (Phi) is 6.97. The highest BCUT2D eigenvalue weighted by Crippen LogP contribution is 2.15. The van der Waals surface area contributed by atoms with Crippen LogP contribution < -0.4 is 0 Å². The highest BCUT2D eigenvalue weighted by Gasteiger charge is 2.23. The molecule has 0 unspecified atom stereocenters. The summed E-state index contributed by atoms with van der Waals surface area (Å²) in [5.74, 6) is -2.52. The summed E-state index contributed by atoms with van der Waals surface area (Å²) in [4.78, 5) is 52.1. The van der Waals surface area contributed by atoms with E-state index in [9.17, 15) is 14.4 Å². The standard InChI is InChI=1S/C30H21N3O3/c1-4-19-7-13-22(14-8-19)25(34)28-31-29(26(35)23-15-9-20(5-2)10-16-23)33-30(32-28)27(36)24-17-11-21(6-3)12-18-24/h4-18H,1-3H2. The number of nitrogens with zero attached hydrogens (tertiary/aromatic N) is 3. The number of benzene rings is 3. The number of hydrogen-bond donors (Lipinski definition) is 0. The summed E-state index contributed by atoms with van der Waals surface area (Å²) in [6.07, 6.45) is 4.96. The fraction of sp³-hybridized carbons (Fsp3) is 0. The van der Waals surface area contributed by atoms with Gasteiger partial charge in [-0.2, -0.15) is 0 Å². The van der Waals surface area contributed by atoms with Crippen molar-refractivity contribution >= 4 is 35.6 Å². The molecule has 3 aromatic carbocycles. The molecule has 0 atom stereocenters. The van der Waals surface area contributed by atoms with E-state index in [0.717, 1.165) is 16.7 Å². The molecule has 36 heavy (non-hydrogen) atoms. The van der Waals surface area contributed by atoms with Gasteiger partial charge in [-0.15, -0.1) is 0 Å². The second-order valence-electron chi connectivity index (χ2n) is 7.77. The second kappa shape index (κ2) is 10.4. The maximum absolute atomic E-state index is 13.2. The smallest absolute Gasteiger partial charge is 0.230 e. The van der Waals surface area contributed by atoms with Crippen LogP contribution in [-0.2, 0) is 0 Å². The molecule has 0 radical (unpaired) electrons. The number of carbonyl (C=O) groups excluding carboxylic acids is 3. The molecule has 0 saturated carbocycles. The molecule has 0 fully saturated rings. The lowest BCUT2D eigenvalue weighted by molar-refractivity contribution is 0.101. The number of carbonyl (C=O) groups is 3. The maximum Gasteiger partial charge on any atom is 0.230 e. The van der Waals surface area contributed by atoms with Gasteiger partial charge in [0.1, 0.15) is 0 Å². The van der Waals surface area contributed by atoms with Crippen LogP contribution in [0.15, 0.2) is 92.5 Å². The van der Waals surface area contributed by atoms with Gasteiger partial charge in [-0.3, -0.25) is 14.4 Å². The van der Waals surface area contributed by atoms with Crippen LogP contribution >= 0.6 is 0 Å². The predicted molar refractivity (Wildman–Crippen MR) is 140 cm³/mol. The van der Waals surface area contributed by atoms with Crippen LogP contribution in [0.1, 0.15) is 65.2 Å². The number of rotatable bonds is 9. The normalized spacial score (nSPS) is 10.3. The van der Waals surface area contributed by atoms with Crippen molar-refractivity contribution in [1.29, 1.82) is 0 Å². The first kappa shape index (κ1) is 24.0. The summed E-state index contributed by atoms with van der Waals surface area (Å²) in [6, 6.07) is 20.0. The van der Waals surface area contributed by atoms with E-state index >= 15 is 0 Å². The summed E-state index contributed by atoms with van der Waals surface area (Å²) in [5, 5.41) is 0. The third-order valence-corrected chi connectivity index (χ3v) is 5.47. The van der Waals surface area contributed by atoms with Gasteiger partial charge in [0.25, 0.3) is 0 Å². The molecular weight excluding hydrogens is 450 g/mol. The van der Waals surface area contributed by atoms with Crippen molar-refractivity contribution in [3.8, 4) is 0 Å².